The molecule has 0 aliphatic heterocycles. The molecule has 4 heteroatoms. The SMILES string of the molecule is O=C(O)CC(=O)OCC1CCCCC1. The van der Waals surface area contributed by atoms with Crippen LogP contribution < -0.4 is 0 Å². The molecule has 4 nitrogen and oxygen atoms in total. The number of carbonyl (C=O) groups excluding carboxylic acids is 1. The zero-order valence-corrected chi connectivity index (χ0v) is 8.20. The standard InChI is InChI=1S/C10H16O4/c11-9(12)6-10(13)14-7-8-4-2-1-3-5-8/h8H,1-7H2,(H,11,12). The Morgan fingerprint density at radius 1 is 1.21 bits per heavy atom. The van der Waals surface area contributed by atoms with Crippen LogP contribution in [0.1, 0.15) is 38.5 Å². The second kappa shape index (κ2) is 5.62. The van der Waals surface area contributed by atoms with E-state index >= 15 is 0 Å². The van der Waals surface area contributed by atoms with Crippen LogP contribution in [0.4, 0.5) is 0 Å². The summed E-state index contributed by atoms with van der Waals surface area (Å²) in [7, 11) is 0. The van der Waals surface area contributed by atoms with E-state index < -0.39 is 18.4 Å². The van der Waals surface area contributed by atoms with Crippen LogP contribution in [0.3, 0.4) is 0 Å². The van der Waals surface area contributed by atoms with Crippen molar-refractivity contribution in [2.24, 2.45) is 5.92 Å². The lowest BCUT2D eigenvalue weighted by molar-refractivity contribution is -0.152. The average Bonchev–Trinajstić information content (AvgIpc) is 2.15. The number of aliphatic carboxylic acids is 1. The summed E-state index contributed by atoms with van der Waals surface area (Å²) < 4.78 is 4.87. The third-order valence-electron chi connectivity index (χ3n) is 2.50. The van der Waals surface area contributed by atoms with Crippen LogP contribution in [0.5, 0.6) is 0 Å². The lowest BCUT2D eigenvalue weighted by Gasteiger charge is -2.20. The van der Waals surface area contributed by atoms with Gasteiger partial charge in [-0.15, -0.1) is 0 Å². The number of hydrogen-bond acceptors (Lipinski definition) is 3. The molecule has 1 fully saturated rings. The summed E-state index contributed by atoms with van der Waals surface area (Å²) in [6.07, 6.45) is 5.33. The number of ether oxygens (including phenoxy) is 1. The maximum absolute atomic E-state index is 10.9. The molecule has 0 aromatic rings. The van der Waals surface area contributed by atoms with Gasteiger partial charge in [-0.05, 0) is 18.8 Å². The van der Waals surface area contributed by atoms with Crippen LogP contribution in [-0.2, 0) is 14.3 Å². The summed E-state index contributed by atoms with van der Waals surface area (Å²) >= 11 is 0. The van der Waals surface area contributed by atoms with Gasteiger partial charge in [0.25, 0.3) is 0 Å². The van der Waals surface area contributed by atoms with E-state index in [1.807, 2.05) is 0 Å². The summed E-state index contributed by atoms with van der Waals surface area (Å²) in [5.41, 5.74) is 0. The van der Waals surface area contributed by atoms with Gasteiger partial charge in [0.15, 0.2) is 0 Å². The summed E-state index contributed by atoms with van der Waals surface area (Å²) in [6.45, 7) is 0.395. The molecule has 80 valence electrons. The van der Waals surface area contributed by atoms with Crippen molar-refractivity contribution in [1.29, 1.82) is 0 Å². The van der Waals surface area contributed by atoms with Crippen LogP contribution in [0.25, 0.3) is 0 Å². The number of esters is 1. The van der Waals surface area contributed by atoms with E-state index in [2.05, 4.69) is 0 Å². The van der Waals surface area contributed by atoms with Crippen LogP contribution in [0.2, 0.25) is 0 Å². The summed E-state index contributed by atoms with van der Waals surface area (Å²) in [5, 5.41) is 8.32. The minimum atomic E-state index is -1.13. The first-order valence-corrected chi connectivity index (χ1v) is 5.06. The topological polar surface area (TPSA) is 63.6 Å². The van der Waals surface area contributed by atoms with Crippen molar-refractivity contribution in [3.63, 3.8) is 0 Å². The van der Waals surface area contributed by atoms with E-state index in [9.17, 15) is 9.59 Å². The Labute approximate surface area is 83.2 Å². The largest absolute Gasteiger partial charge is 0.481 e. The van der Waals surface area contributed by atoms with Gasteiger partial charge in [-0.25, -0.2) is 0 Å². The third kappa shape index (κ3) is 4.25. The first kappa shape index (κ1) is 11.0. The van der Waals surface area contributed by atoms with Crippen LogP contribution in [-0.4, -0.2) is 23.7 Å². The van der Waals surface area contributed by atoms with E-state index in [-0.39, 0.29) is 0 Å². The Bertz CT molecular complexity index is 206. The molecule has 0 saturated heterocycles. The molecule has 0 aromatic carbocycles. The van der Waals surface area contributed by atoms with Crippen molar-refractivity contribution in [3.05, 3.63) is 0 Å². The molecule has 0 aromatic heterocycles. The molecule has 0 atom stereocenters. The molecule has 0 bridgehead atoms. The van der Waals surface area contributed by atoms with Crippen molar-refractivity contribution < 1.29 is 19.4 Å². The Balaban J connectivity index is 2.12. The van der Waals surface area contributed by atoms with Crippen molar-refractivity contribution >= 4 is 11.9 Å². The highest BCUT2D eigenvalue weighted by atomic mass is 16.5. The summed E-state index contributed by atoms with van der Waals surface area (Å²) in [6, 6.07) is 0. The van der Waals surface area contributed by atoms with Crippen molar-refractivity contribution in [3.8, 4) is 0 Å². The number of carboxylic acid groups (broad SMARTS) is 1. The minimum absolute atomic E-state index is 0.395. The zero-order valence-electron chi connectivity index (χ0n) is 8.20. The van der Waals surface area contributed by atoms with Crippen molar-refractivity contribution in [2.75, 3.05) is 6.61 Å². The van der Waals surface area contributed by atoms with Gasteiger partial charge in [-0.2, -0.15) is 0 Å². The summed E-state index contributed by atoms with van der Waals surface area (Å²) in [4.78, 5) is 21.1. The van der Waals surface area contributed by atoms with E-state index in [1.165, 1.54) is 19.3 Å². The quantitative estimate of drug-likeness (QED) is 0.552. The Kier molecular flexibility index (Phi) is 4.43. The monoisotopic (exact) mass is 200 g/mol. The molecule has 0 heterocycles. The Morgan fingerprint density at radius 2 is 1.86 bits per heavy atom. The molecule has 14 heavy (non-hydrogen) atoms. The van der Waals surface area contributed by atoms with Gasteiger partial charge >= 0.3 is 11.9 Å². The Morgan fingerprint density at radius 3 is 2.43 bits per heavy atom. The van der Waals surface area contributed by atoms with Crippen LogP contribution in [0, 0.1) is 5.92 Å². The van der Waals surface area contributed by atoms with E-state index in [4.69, 9.17) is 9.84 Å². The van der Waals surface area contributed by atoms with Gasteiger partial charge < -0.3 is 9.84 Å². The lowest BCUT2D eigenvalue weighted by atomic mass is 9.90. The fourth-order valence-corrected chi connectivity index (χ4v) is 1.74. The van der Waals surface area contributed by atoms with Crippen LogP contribution in [0.15, 0.2) is 0 Å². The number of carbonyl (C=O) groups is 2. The number of carboxylic acids is 1. The van der Waals surface area contributed by atoms with Gasteiger partial charge in [0.05, 0.1) is 6.61 Å². The maximum atomic E-state index is 10.9. The molecule has 0 radical (unpaired) electrons. The van der Waals surface area contributed by atoms with Gasteiger partial charge in [0.2, 0.25) is 0 Å². The average molecular weight is 200 g/mol. The second-order valence-corrected chi connectivity index (χ2v) is 3.76. The van der Waals surface area contributed by atoms with Crippen molar-refractivity contribution in [2.45, 2.75) is 38.5 Å². The smallest absolute Gasteiger partial charge is 0.317 e. The van der Waals surface area contributed by atoms with Gasteiger partial charge in [0, 0.05) is 0 Å². The van der Waals surface area contributed by atoms with E-state index in [0.29, 0.717) is 12.5 Å². The van der Waals surface area contributed by atoms with Crippen molar-refractivity contribution in [1.82, 2.24) is 0 Å². The minimum Gasteiger partial charge on any atom is -0.481 e. The fourth-order valence-electron chi connectivity index (χ4n) is 1.74. The predicted octanol–water partition coefficient (Wildman–Crippen LogP) is 1.58. The molecule has 0 amide bonds. The molecular weight excluding hydrogens is 184 g/mol. The van der Waals surface area contributed by atoms with E-state index in [1.54, 1.807) is 0 Å². The Hall–Kier alpha value is -1.06. The third-order valence-corrected chi connectivity index (χ3v) is 2.50. The number of rotatable bonds is 4. The normalized spacial score (nSPS) is 17.7. The molecule has 0 spiro atoms. The van der Waals surface area contributed by atoms with Gasteiger partial charge in [-0.1, -0.05) is 19.3 Å². The van der Waals surface area contributed by atoms with Gasteiger partial charge in [-0.3, -0.25) is 9.59 Å². The first-order valence-electron chi connectivity index (χ1n) is 5.06. The molecule has 1 saturated carbocycles. The fraction of sp³-hybridized carbons (Fsp3) is 0.800. The first-order chi connectivity index (χ1) is 6.68. The molecule has 0 unspecified atom stereocenters. The highest BCUT2D eigenvalue weighted by Crippen LogP contribution is 2.23. The molecule has 1 aliphatic rings. The molecule has 1 N–H and O–H groups in total. The summed E-state index contributed by atoms with van der Waals surface area (Å²) in [5.74, 6) is -1.30. The van der Waals surface area contributed by atoms with E-state index in [0.717, 1.165) is 12.8 Å². The lowest BCUT2D eigenvalue weighted by Crippen LogP contribution is -2.18. The molecular formula is C10H16O4. The van der Waals surface area contributed by atoms with Crippen LogP contribution >= 0.6 is 0 Å². The predicted molar refractivity (Wildman–Crippen MR) is 49.8 cm³/mol. The maximum Gasteiger partial charge on any atom is 0.317 e. The zero-order chi connectivity index (χ0) is 10.4. The molecule has 1 rings (SSSR count). The molecule has 1 aliphatic carbocycles. The second-order valence-electron chi connectivity index (χ2n) is 3.76. The van der Waals surface area contributed by atoms with Gasteiger partial charge in [0.1, 0.15) is 6.42 Å². The number of hydrogen-bond donors (Lipinski definition) is 1. The highest BCUT2D eigenvalue weighted by molar-refractivity contribution is 5.90. The highest BCUT2D eigenvalue weighted by Gasteiger charge is 2.16.